The summed E-state index contributed by atoms with van der Waals surface area (Å²) in [7, 11) is 0. The Balaban J connectivity index is 2.52. The molecule has 0 radical (unpaired) electrons. The molecule has 2 rings (SSSR count). The van der Waals surface area contributed by atoms with Gasteiger partial charge in [0.15, 0.2) is 0 Å². The number of fused-ring (bicyclic) bond motifs is 1. The van der Waals surface area contributed by atoms with E-state index in [1.54, 1.807) is 24.3 Å². The number of carbonyl (C=O) groups is 1. The molecule has 1 aliphatic rings. The van der Waals surface area contributed by atoms with E-state index in [2.05, 4.69) is 0 Å². The Labute approximate surface area is 77.6 Å². The van der Waals surface area contributed by atoms with Crippen molar-refractivity contribution in [2.24, 2.45) is 0 Å². The third-order valence-electron chi connectivity index (χ3n) is 1.93. The highest BCUT2D eigenvalue weighted by atomic mass is 32.2. The quantitative estimate of drug-likeness (QED) is 0.674. The Morgan fingerprint density at radius 3 is 2.77 bits per heavy atom. The van der Waals surface area contributed by atoms with Crippen LogP contribution < -0.4 is 4.31 Å². The molecule has 1 heterocycles. The van der Waals surface area contributed by atoms with Gasteiger partial charge in [0.05, 0.1) is 12.1 Å². The van der Waals surface area contributed by atoms with Crippen LogP contribution in [-0.4, -0.2) is 14.7 Å². The first-order chi connectivity index (χ1) is 6.20. The van der Waals surface area contributed by atoms with Gasteiger partial charge in [-0.1, -0.05) is 18.2 Å². The zero-order valence-corrected chi connectivity index (χ0v) is 7.45. The molecule has 5 heteroatoms. The number of benzene rings is 1. The van der Waals surface area contributed by atoms with Gasteiger partial charge in [-0.05, 0) is 11.6 Å². The molecular formula is C8H7NO3S. The lowest BCUT2D eigenvalue weighted by Crippen LogP contribution is -2.28. The van der Waals surface area contributed by atoms with Crippen LogP contribution >= 0.6 is 0 Å². The highest BCUT2D eigenvalue weighted by Gasteiger charge is 2.30. The Morgan fingerprint density at radius 1 is 1.38 bits per heavy atom. The van der Waals surface area contributed by atoms with Crippen LogP contribution in [0.4, 0.5) is 5.69 Å². The first kappa shape index (κ1) is 8.40. The summed E-state index contributed by atoms with van der Waals surface area (Å²) < 4.78 is 20.5. The van der Waals surface area contributed by atoms with E-state index in [0.29, 0.717) is 5.69 Å². The fourth-order valence-corrected chi connectivity index (χ4v) is 1.98. The maximum atomic E-state index is 11.2. The highest BCUT2D eigenvalue weighted by molar-refractivity contribution is 7.81. The molecule has 0 fully saturated rings. The van der Waals surface area contributed by atoms with Crippen LogP contribution in [0.2, 0.25) is 0 Å². The summed E-state index contributed by atoms with van der Waals surface area (Å²) in [4.78, 5) is 11.2. The smallest absolute Gasteiger partial charge is 0.268 e. The Morgan fingerprint density at radius 2 is 2.08 bits per heavy atom. The summed E-state index contributed by atoms with van der Waals surface area (Å²) in [5.41, 5.74) is 1.34. The lowest BCUT2D eigenvalue weighted by atomic mass is 10.2. The van der Waals surface area contributed by atoms with Crippen LogP contribution in [0.1, 0.15) is 5.56 Å². The molecule has 1 amide bonds. The van der Waals surface area contributed by atoms with Crippen molar-refractivity contribution in [1.29, 1.82) is 0 Å². The van der Waals surface area contributed by atoms with Gasteiger partial charge in [0.25, 0.3) is 11.3 Å². The average molecular weight is 197 g/mol. The SMILES string of the molecule is O=C1Cc2ccccc2N1S(=O)O. The predicted molar refractivity (Wildman–Crippen MR) is 48.4 cm³/mol. The third kappa shape index (κ3) is 1.26. The summed E-state index contributed by atoms with van der Waals surface area (Å²) in [5.74, 6) is -0.331. The van der Waals surface area contributed by atoms with Gasteiger partial charge < -0.3 is 0 Å². The van der Waals surface area contributed by atoms with E-state index in [4.69, 9.17) is 4.55 Å². The van der Waals surface area contributed by atoms with Crippen molar-refractivity contribution in [3.63, 3.8) is 0 Å². The van der Waals surface area contributed by atoms with Gasteiger partial charge in [-0.2, -0.15) is 0 Å². The lowest BCUT2D eigenvalue weighted by Gasteiger charge is -2.10. The van der Waals surface area contributed by atoms with Crippen molar-refractivity contribution < 1.29 is 13.6 Å². The first-order valence-electron chi connectivity index (χ1n) is 3.72. The second-order valence-electron chi connectivity index (χ2n) is 2.72. The Bertz CT molecular complexity index is 391. The van der Waals surface area contributed by atoms with Crippen molar-refractivity contribution in [3.8, 4) is 0 Å². The number of amides is 1. The van der Waals surface area contributed by atoms with Crippen molar-refractivity contribution in [1.82, 2.24) is 0 Å². The van der Waals surface area contributed by atoms with Crippen molar-refractivity contribution >= 4 is 22.9 Å². The van der Waals surface area contributed by atoms with E-state index in [-0.39, 0.29) is 12.3 Å². The number of hydrogen-bond donors (Lipinski definition) is 1. The third-order valence-corrected chi connectivity index (χ3v) is 2.65. The molecule has 1 aromatic rings. The summed E-state index contributed by atoms with van der Waals surface area (Å²) in [5, 5.41) is 0. The molecule has 1 atom stereocenters. The minimum atomic E-state index is -2.25. The van der Waals surface area contributed by atoms with Crippen LogP contribution in [0, 0.1) is 0 Å². The predicted octanol–water partition coefficient (Wildman–Crippen LogP) is 0.712. The molecule has 0 saturated carbocycles. The van der Waals surface area contributed by atoms with Crippen LogP contribution in [0.3, 0.4) is 0 Å². The van der Waals surface area contributed by atoms with E-state index in [1.807, 2.05) is 0 Å². The molecule has 0 spiro atoms. The molecule has 1 N–H and O–H groups in total. The van der Waals surface area contributed by atoms with Crippen molar-refractivity contribution in [3.05, 3.63) is 29.8 Å². The van der Waals surface area contributed by atoms with E-state index in [1.165, 1.54) is 0 Å². The molecule has 0 bridgehead atoms. The molecule has 0 aliphatic carbocycles. The normalized spacial score (nSPS) is 17.3. The van der Waals surface area contributed by atoms with Gasteiger partial charge >= 0.3 is 0 Å². The number of para-hydroxylation sites is 1. The van der Waals surface area contributed by atoms with Gasteiger partial charge in [-0.3, -0.25) is 9.35 Å². The van der Waals surface area contributed by atoms with Crippen molar-refractivity contribution in [2.75, 3.05) is 4.31 Å². The molecule has 1 aromatic carbocycles. The van der Waals surface area contributed by atoms with E-state index < -0.39 is 11.3 Å². The molecule has 68 valence electrons. The fraction of sp³-hybridized carbons (Fsp3) is 0.125. The van der Waals surface area contributed by atoms with Crippen LogP contribution in [-0.2, 0) is 22.5 Å². The molecule has 1 unspecified atom stereocenters. The van der Waals surface area contributed by atoms with Crippen LogP contribution in [0.5, 0.6) is 0 Å². The minimum Gasteiger partial charge on any atom is -0.289 e. The molecule has 1 aliphatic heterocycles. The number of anilines is 1. The van der Waals surface area contributed by atoms with Gasteiger partial charge in [0.1, 0.15) is 0 Å². The first-order valence-corrected chi connectivity index (χ1v) is 4.78. The molecular weight excluding hydrogens is 190 g/mol. The van der Waals surface area contributed by atoms with E-state index in [0.717, 1.165) is 9.87 Å². The Hall–Kier alpha value is -1.20. The minimum absolute atomic E-state index is 0.211. The zero-order valence-electron chi connectivity index (χ0n) is 6.64. The zero-order chi connectivity index (χ0) is 9.42. The van der Waals surface area contributed by atoms with E-state index >= 15 is 0 Å². The van der Waals surface area contributed by atoms with Gasteiger partial charge in [-0.15, -0.1) is 0 Å². The molecule has 0 aromatic heterocycles. The average Bonchev–Trinajstić information content (AvgIpc) is 2.39. The number of rotatable bonds is 1. The standard InChI is InChI=1S/C8H7NO3S/c10-8-5-6-3-1-2-4-7(6)9(8)13(11)12/h1-4H,5H2,(H,11,12). The van der Waals surface area contributed by atoms with Crippen molar-refractivity contribution in [2.45, 2.75) is 6.42 Å². The fourth-order valence-electron chi connectivity index (χ4n) is 1.40. The second-order valence-corrected chi connectivity index (χ2v) is 3.55. The van der Waals surface area contributed by atoms with E-state index in [9.17, 15) is 9.00 Å². The summed E-state index contributed by atoms with van der Waals surface area (Å²) in [6.45, 7) is 0. The number of carbonyl (C=O) groups excluding carboxylic acids is 1. The molecule has 13 heavy (non-hydrogen) atoms. The topological polar surface area (TPSA) is 57.6 Å². The number of nitrogens with zero attached hydrogens (tertiary/aromatic N) is 1. The Kier molecular flexibility index (Phi) is 1.90. The largest absolute Gasteiger partial charge is 0.289 e. The lowest BCUT2D eigenvalue weighted by molar-refractivity contribution is -0.116. The summed E-state index contributed by atoms with van der Waals surface area (Å²) in [6.07, 6.45) is 0.211. The highest BCUT2D eigenvalue weighted by Crippen LogP contribution is 2.28. The van der Waals surface area contributed by atoms with Crippen LogP contribution in [0.25, 0.3) is 0 Å². The molecule has 4 nitrogen and oxygen atoms in total. The van der Waals surface area contributed by atoms with Gasteiger partial charge in [0.2, 0.25) is 5.91 Å². The van der Waals surface area contributed by atoms with Gasteiger partial charge in [0, 0.05) is 0 Å². The van der Waals surface area contributed by atoms with Crippen LogP contribution in [0.15, 0.2) is 24.3 Å². The summed E-state index contributed by atoms with van der Waals surface area (Å²) >= 11 is -2.25. The summed E-state index contributed by atoms with van der Waals surface area (Å²) in [6, 6.07) is 6.97. The van der Waals surface area contributed by atoms with Gasteiger partial charge in [-0.25, -0.2) is 8.51 Å². The number of hydrogen-bond acceptors (Lipinski definition) is 2. The monoisotopic (exact) mass is 197 g/mol. The maximum Gasteiger partial charge on any atom is 0.268 e. The maximum absolute atomic E-state index is 11.2. The molecule has 0 saturated heterocycles. The second kappa shape index (κ2) is 2.93.